The van der Waals surface area contributed by atoms with Crippen molar-refractivity contribution in [1.29, 1.82) is 0 Å². The van der Waals surface area contributed by atoms with Gasteiger partial charge in [-0.05, 0) is 17.5 Å². The van der Waals surface area contributed by atoms with Gasteiger partial charge < -0.3 is 10.4 Å². The average Bonchev–Trinajstić information content (AvgIpc) is 2.92. The minimum Gasteiger partial charge on any atom is -0.479 e. The van der Waals surface area contributed by atoms with Gasteiger partial charge in [0.05, 0.1) is 5.56 Å². The molecular formula is C12H8F2N2O3S. The molecule has 0 aliphatic carbocycles. The van der Waals surface area contributed by atoms with Crippen LogP contribution in [0.25, 0.3) is 0 Å². The smallest absolute Gasteiger partial charge is 0.331 e. The van der Waals surface area contributed by atoms with E-state index in [1.165, 1.54) is 6.07 Å². The first-order valence-electron chi connectivity index (χ1n) is 5.37. The summed E-state index contributed by atoms with van der Waals surface area (Å²) in [4.78, 5) is 26.4. The van der Waals surface area contributed by atoms with E-state index >= 15 is 0 Å². The summed E-state index contributed by atoms with van der Waals surface area (Å²) < 4.78 is 26.3. The van der Waals surface area contributed by atoms with Crippen LogP contribution in [0.15, 0.2) is 29.8 Å². The van der Waals surface area contributed by atoms with Gasteiger partial charge in [0.15, 0.2) is 11.9 Å². The number of aromatic nitrogens is 1. The molecule has 2 aromatic rings. The first-order valence-corrected chi connectivity index (χ1v) is 6.25. The van der Waals surface area contributed by atoms with Crippen molar-refractivity contribution in [2.45, 2.75) is 6.04 Å². The minimum atomic E-state index is -1.42. The van der Waals surface area contributed by atoms with Gasteiger partial charge in [0.25, 0.3) is 5.91 Å². The van der Waals surface area contributed by atoms with Gasteiger partial charge in [0.2, 0.25) is 5.95 Å². The Kier molecular flexibility index (Phi) is 4.04. The molecule has 1 unspecified atom stereocenters. The standard InChI is InChI=1S/C12H8F2N2O3S/c13-8-6(3-4-15-10(8)14)11(17)16-9(12(18)19)7-2-1-5-20-7/h1-5,9H,(H,16,17)(H,18,19). The van der Waals surface area contributed by atoms with E-state index in [1.807, 2.05) is 0 Å². The first-order chi connectivity index (χ1) is 9.50. The summed E-state index contributed by atoms with van der Waals surface area (Å²) in [6.07, 6.45) is 0.925. The molecule has 2 rings (SSSR count). The fourth-order valence-electron chi connectivity index (χ4n) is 1.51. The third kappa shape index (κ3) is 2.80. The molecule has 2 aromatic heterocycles. The van der Waals surface area contributed by atoms with Gasteiger partial charge in [-0.3, -0.25) is 4.79 Å². The lowest BCUT2D eigenvalue weighted by atomic mass is 10.2. The fourth-order valence-corrected chi connectivity index (χ4v) is 2.28. The van der Waals surface area contributed by atoms with Crippen molar-refractivity contribution in [2.24, 2.45) is 0 Å². The second-order valence-corrected chi connectivity index (χ2v) is 4.70. The van der Waals surface area contributed by atoms with Crippen LogP contribution in [-0.2, 0) is 4.79 Å². The monoisotopic (exact) mass is 298 g/mol. The van der Waals surface area contributed by atoms with Crippen LogP contribution in [-0.4, -0.2) is 22.0 Å². The number of hydrogen-bond acceptors (Lipinski definition) is 4. The van der Waals surface area contributed by atoms with E-state index in [2.05, 4.69) is 10.3 Å². The summed E-state index contributed by atoms with van der Waals surface area (Å²) in [7, 11) is 0. The molecule has 2 heterocycles. The molecule has 0 spiro atoms. The average molecular weight is 298 g/mol. The third-order valence-corrected chi connectivity index (χ3v) is 3.38. The summed E-state index contributed by atoms with van der Waals surface area (Å²) in [5.74, 6) is -5.15. The summed E-state index contributed by atoms with van der Waals surface area (Å²) in [6.45, 7) is 0. The largest absolute Gasteiger partial charge is 0.479 e. The Balaban J connectivity index is 2.25. The highest BCUT2D eigenvalue weighted by molar-refractivity contribution is 7.10. The first kappa shape index (κ1) is 14.1. The molecule has 0 radical (unpaired) electrons. The number of nitrogens with zero attached hydrogens (tertiary/aromatic N) is 1. The quantitative estimate of drug-likeness (QED) is 0.846. The lowest BCUT2D eigenvalue weighted by Crippen LogP contribution is -2.33. The van der Waals surface area contributed by atoms with Gasteiger partial charge in [-0.25, -0.2) is 14.2 Å². The zero-order valence-electron chi connectivity index (χ0n) is 9.84. The number of thiophene rings is 1. The lowest BCUT2D eigenvalue weighted by Gasteiger charge is -2.13. The second kappa shape index (κ2) is 5.74. The van der Waals surface area contributed by atoms with E-state index < -0.39 is 35.2 Å². The normalized spacial score (nSPS) is 11.9. The molecule has 0 bridgehead atoms. The highest BCUT2D eigenvalue weighted by Gasteiger charge is 2.25. The van der Waals surface area contributed by atoms with Crippen molar-refractivity contribution in [3.05, 3.63) is 52.0 Å². The van der Waals surface area contributed by atoms with Crippen LogP contribution in [0.1, 0.15) is 21.3 Å². The summed E-state index contributed by atoms with van der Waals surface area (Å²) in [6, 6.07) is 2.79. The SMILES string of the molecule is O=C(NC(C(=O)O)c1cccs1)c1ccnc(F)c1F. The summed E-state index contributed by atoms with van der Waals surface area (Å²) >= 11 is 1.13. The van der Waals surface area contributed by atoms with Crippen LogP contribution >= 0.6 is 11.3 Å². The number of carboxylic acids is 1. The number of pyridine rings is 1. The van der Waals surface area contributed by atoms with E-state index in [0.717, 1.165) is 23.6 Å². The van der Waals surface area contributed by atoms with Crippen molar-refractivity contribution >= 4 is 23.2 Å². The van der Waals surface area contributed by atoms with Gasteiger partial charge in [-0.2, -0.15) is 4.39 Å². The van der Waals surface area contributed by atoms with Crippen molar-refractivity contribution in [1.82, 2.24) is 10.3 Å². The Labute approximate surface area is 115 Å². The molecule has 0 saturated heterocycles. The van der Waals surface area contributed by atoms with E-state index in [0.29, 0.717) is 4.88 Å². The van der Waals surface area contributed by atoms with E-state index in [1.54, 1.807) is 11.4 Å². The molecule has 0 aliphatic rings. The predicted octanol–water partition coefficient (Wildman–Crippen LogP) is 1.98. The Bertz CT molecular complexity index is 646. The zero-order valence-corrected chi connectivity index (χ0v) is 10.7. The number of rotatable bonds is 4. The van der Waals surface area contributed by atoms with E-state index in [4.69, 9.17) is 5.11 Å². The highest BCUT2D eigenvalue weighted by atomic mass is 32.1. The van der Waals surface area contributed by atoms with Gasteiger partial charge >= 0.3 is 5.97 Å². The van der Waals surface area contributed by atoms with Gasteiger partial charge in [0.1, 0.15) is 0 Å². The number of nitrogens with one attached hydrogen (secondary N) is 1. The van der Waals surface area contributed by atoms with Crippen LogP contribution in [0.3, 0.4) is 0 Å². The maximum atomic E-state index is 13.4. The molecule has 104 valence electrons. The molecule has 0 aliphatic heterocycles. The van der Waals surface area contributed by atoms with Crippen LogP contribution in [0, 0.1) is 11.8 Å². The van der Waals surface area contributed by atoms with E-state index in [-0.39, 0.29) is 0 Å². The number of carbonyl (C=O) groups is 2. The van der Waals surface area contributed by atoms with Crippen molar-refractivity contribution < 1.29 is 23.5 Å². The number of halogens is 2. The Morgan fingerprint density at radius 1 is 1.35 bits per heavy atom. The molecular weight excluding hydrogens is 290 g/mol. The minimum absolute atomic E-state index is 0.376. The van der Waals surface area contributed by atoms with Crippen molar-refractivity contribution in [2.75, 3.05) is 0 Å². The molecule has 5 nitrogen and oxygen atoms in total. The summed E-state index contributed by atoms with van der Waals surface area (Å²) in [5.41, 5.74) is -0.597. The van der Waals surface area contributed by atoms with Crippen LogP contribution in [0.4, 0.5) is 8.78 Å². The van der Waals surface area contributed by atoms with Gasteiger partial charge in [0, 0.05) is 11.1 Å². The number of hydrogen-bond donors (Lipinski definition) is 2. The molecule has 20 heavy (non-hydrogen) atoms. The molecule has 1 amide bonds. The maximum absolute atomic E-state index is 13.4. The Morgan fingerprint density at radius 2 is 2.10 bits per heavy atom. The molecule has 1 atom stereocenters. The maximum Gasteiger partial charge on any atom is 0.331 e. The highest BCUT2D eigenvalue weighted by Crippen LogP contribution is 2.20. The molecule has 8 heteroatoms. The van der Waals surface area contributed by atoms with Crippen LogP contribution in [0.2, 0.25) is 0 Å². The Morgan fingerprint density at radius 3 is 2.70 bits per heavy atom. The lowest BCUT2D eigenvalue weighted by molar-refractivity contribution is -0.139. The number of carbonyl (C=O) groups excluding carboxylic acids is 1. The predicted molar refractivity (Wildman–Crippen MR) is 66.3 cm³/mol. The van der Waals surface area contributed by atoms with Crippen molar-refractivity contribution in [3.8, 4) is 0 Å². The summed E-state index contributed by atoms with van der Waals surface area (Å²) in [5, 5.41) is 12.9. The number of amides is 1. The zero-order chi connectivity index (χ0) is 14.7. The molecule has 0 aromatic carbocycles. The second-order valence-electron chi connectivity index (χ2n) is 3.72. The van der Waals surface area contributed by atoms with Crippen LogP contribution < -0.4 is 5.32 Å². The number of carboxylic acid groups (broad SMARTS) is 1. The van der Waals surface area contributed by atoms with Gasteiger partial charge in [-0.1, -0.05) is 6.07 Å². The topological polar surface area (TPSA) is 79.3 Å². The fraction of sp³-hybridized carbons (Fsp3) is 0.0833. The Hall–Kier alpha value is -2.35. The molecule has 0 saturated carbocycles. The van der Waals surface area contributed by atoms with Crippen LogP contribution in [0.5, 0.6) is 0 Å². The molecule has 2 N–H and O–H groups in total. The number of aliphatic carboxylic acids is 1. The van der Waals surface area contributed by atoms with E-state index in [9.17, 15) is 18.4 Å². The third-order valence-electron chi connectivity index (χ3n) is 2.44. The van der Waals surface area contributed by atoms with Crippen molar-refractivity contribution in [3.63, 3.8) is 0 Å². The molecule has 0 fully saturated rings. The van der Waals surface area contributed by atoms with Gasteiger partial charge in [-0.15, -0.1) is 11.3 Å².